The number of fused-ring (bicyclic) bond motifs is 1. The monoisotopic (exact) mass is 910 g/mol. The number of nitrogens with zero attached hydrogens (tertiary/aromatic N) is 6. The van der Waals surface area contributed by atoms with Crippen molar-refractivity contribution in [2.45, 2.75) is 50.1 Å². The van der Waals surface area contributed by atoms with E-state index in [0.717, 1.165) is 4.90 Å². The van der Waals surface area contributed by atoms with E-state index < -0.39 is 46.9 Å². The van der Waals surface area contributed by atoms with Crippen LogP contribution in [-0.4, -0.2) is 144 Å². The second-order valence-corrected chi connectivity index (χ2v) is 15.4. The van der Waals surface area contributed by atoms with Crippen LogP contribution in [0.3, 0.4) is 0 Å². The van der Waals surface area contributed by atoms with Crippen molar-refractivity contribution in [3.8, 4) is 17.1 Å². The van der Waals surface area contributed by atoms with Crippen LogP contribution in [0.5, 0.6) is 5.75 Å². The van der Waals surface area contributed by atoms with E-state index in [-0.39, 0.29) is 48.6 Å². The standard InChI is InChI=1S/C43H50N12O11/c1-45-39(59)35-30(23-32(51-52-35)43(11-12-43)42(44)62)49-29-5-3-4-27(36(29)63-2)37-48-24-54(53-37)15-13-47-33(56)10-16-64-18-20-66-21-19-65-17-14-46-25-6-7-26-28(22-25)41(61)55(40(26)60)31-8-9-34(57)50-38(31)58/h3-7,22-24,31,46H,8-21H2,1-2H3,(H2,44,62)(H,45,59)(H,47,56)(H,49,51)(H,50,57,58). The van der Waals surface area contributed by atoms with E-state index in [0.29, 0.717) is 105 Å². The zero-order chi connectivity index (χ0) is 46.8. The molecule has 2 aromatic carbocycles. The maximum atomic E-state index is 13.0. The number of rotatable bonds is 24. The number of piperidine rings is 1. The van der Waals surface area contributed by atoms with Crippen LogP contribution in [0, 0.1) is 0 Å². The molecule has 7 amide bonds. The third-order valence-corrected chi connectivity index (χ3v) is 11.1. The number of hydrogen-bond acceptors (Lipinski definition) is 17. The van der Waals surface area contributed by atoms with Crippen LogP contribution in [0.1, 0.15) is 69.0 Å². The Morgan fingerprint density at radius 3 is 2.33 bits per heavy atom. The van der Waals surface area contributed by atoms with Gasteiger partial charge in [-0.15, -0.1) is 5.10 Å². The number of benzene rings is 2. The zero-order valence-electron chi connectivity index (χ0n) is 36.3. The predicted molar refractivity (Wildman–Crippen MR) is 233 cm³/mol. The average molecular weight is 911 g/mol. The fraction of sp³-hybridized carbons (Fsp3) is 0.419. The van der Waals surface area contributed by atoms with E-state index >= 15 is 0 Å². The molecule has 23 nitrogen and oxygen atoms in total. The molecule has 66 heavy (non-hydrogen) atoms. The van der Waals surface area contributed by atoms with Gasteiger partial charge in [0.25, 0.3) is 17.7 Å². The number of carbonyl (C=O) groups is 7. The Labute approximate surface area is 377 Å². The van der Waals surface area contributed by atoms with Crippen molar-refractivity contribution in [1.29, 1.82) is 0 Å². The first kappa shape index (κ1) is 46.6. The van der Waals surface area contributed by atoms with Gasteiger partial charge in [-0.3, -0.25) is 48.5 Å². The van der Waals surface area contributed by atoms with Gasteiger partial charge in [-0.1, -0.05) is 6.07 Å². The highest BCUT2D eigenvalue weighted by Crippen LogP contribution is 2.48. The van der Waals surface area contributed by atoms with Gasteiger partial charge in [0, 0.05) is 38.7 Å². The van der Waals surface area contributed by atoms with Gasteiger partial charge in [0.05, 0.1) is 92.5 Å². The summed E-state index contributed by atoms with van der Waals surface area (Å²) in [5, 5.41) is 26.8. The van der Waals surface area contributed by atoms with Gasteiger partial charge >= 0.3 is 0 Å². The lowest BCUT2D eigenvalue weighted by Crippen LogP contribution is -2.54. The number of methoxy groups -OCH3 is 1. The zero-order valence-corrected chi connectivity index (χ0v) is 36.3. The lowest BCUT2D eigenvalue weighted by molar-refractivity contribution is -0.136. The maximum Gasteiger partial charge on any atom is 0.273 e. The van der Waals surface area contributed by atoms with Crippen LogP contribution in [0.2, 0.25) is 0 Å². The number of aromatic nitrogens is 5. The summed E-state index contributed by atoms with van der Waals surface area (Å²) in [6.07, 6.45) is 2.92. The lowest BCUT2D eigenvalue weighted by atomic mass is 10.0. The van der Waals surface area contributed by atoms with Crippen LogP contribution < -0.4 is 37.1 Å². The number of carbonyl (C=O) groups excluding carboxylic acids is 7. The van der Waals surface area contributed by atoms with Gasteiger partial charge in [0.15, 0.2) is 17.3 Å². The summed E-state index contributed by atoms with van der Waals surface area (Å²) in [5.74, 6) is -2.65. The Morgan fingerprint density at radius 2 is 1.62 bits per heavy atom. The van der Waals surface area contributed by atoms with Crippen molar-refractivity contribution in [3.63, 3.8) is 0 Å². The van der Waals surface area contributed by atoms with Crippen molar-refractivity contribution in [3.05, 3.63) is 71.3 Å². The molecule has 4 aromatic rings. The highest BCUT2D eigenvalue weighted by atomic mass is 16.5. The van der Waals surface area contributed by atoms with Gasteiger partial charge in [0.1, 0.15) is 12.4 Å². The van der Waals surface area contributed by atoms with Gasteiger partial charge in [-0.25, -0.2) is 4.98 Å². The van der Waals surface area contributed by atoms with Crippen LogP contribution >= 0.6 is 0 Å². The third kappa shape index (κ3) is 10.6. The Kier molecular flexibility index (Phi) is 14.9. The third-order valence-electron chi connectivity index (χ3n) is 11.1. The van der Waals surface area contributed by atoms with Crippen molar-refractivity contribution >= 4 is 58.4 Å². The first-order chi connectivity index (χ1) is 31.9. The molecule has 7 N–H and O–H groups in total. The number of nitrogens with two attached hydrogens (primary N) is 1. The molecule has 2 fully saturated rings. The molecule has 1 unspecified atom stereocenters. The average Bonchev–Trinajstić information content (AvgIpc) is 3.94. The molecule has 7 rings (SSSR count). The minimum absolute atomic E-state index is 0.0162. The van der Waals surface area contributed by atoms with Gasteiger partial charge in [-0.05, 0) is 55.7 Å². The Bertz CT molecular complexity index is 2510. The number of hydrogen-bond donors (Lipinski definition) is 6. The first-order valence-electron chi connectivity index (χ1n) is 21.3. The number of amides is 7. The SMILES string of the molecule is CNC(=O)c1nnc(C2(C(N)=O)CC2)cc1Nc1cccc(-c2ncn(CCNC(=O)CCOCCOCCOCCNc3ccc4c(c3)C(=O)N(C3CCC(=O)NC3=O)C4=O)n2)c1OC. The van der Waals surface area contributed by atoms with Crippen LogP contribution in [-0.2, 0) is 45.3 Å². The number of anilines is 3. The molecule has 348 valence electrons. The van der Waals surface area contributed by atoms with E-state index in [9.17, 15) is 33.6 Å². The van der Waals surface area contributed by atoms with E-state index in [4.69, 9.17) is 24.7 Å². The molecule has 3 aliphatic rings. The number of primary amides is 1. The fourth-order valence-corrected chi connectivity index (χ4v) is 7.42. The van der Waals surface area contributed by atoms with Gasteiger partial charge in [0.2, 0.25) is 23.6 Å². The minimum Gasteiger partial charge on any atom is -0.494 e. The Morgan fingerprint density at radius 1 is 0.879 bits per heavy atom. The summed E-state index contributed by atoms with van der Waals surface area (Å²) in [6.45, 7) is 2.89. The number of ether oxygens (including phenoxy) is 4. The molecule has 1 aliphatic carbocycles. The first-order valence-corrected chi connectivity index (χ1v) is 21.3. The van der Waals surface area contributed by atoms with E-state index in [1.165, 1.54) is 20.2 Å². The molecule has 23 heteroatoms. The minimum atomic E-state index is -1.02. The molecule has 1 saturated carbocycles. The van der Waals surface area contributed by atoms with Crippen molar-refractivity contribution in [2.24, 2.45) is 5.73 Å². The number of para-hydroxylation sites is 1. The second kappa shape index (κ2) is 21.1. The molecule has 0 bridgehead atoms. The molecular weight excluding hydrogens is 861 g/mol. The summed E-state index contributed by atoms with van der Waals surface area (Å²) in [5.41, 5.74) is 7.49. The number of imide groups is 2. The number of nitrogens with one attached hydrogen (secondary N) is 5. The van der Waals surface area contributed by atoms with Crippen LogP contribution in [0.15, 0.2) is 48.8 Å². The van der Waals surface area contributed by atoms with Crippen LogP contribution in [0.4, 0.5) is 17.1 Å². The molecule has 2 aliphatic heterocycles. The molecule has 0 radical (unpaired) electrons. The fourth-order valence-electron chi connectivity index (χ4n) is 7.42. The van der Waals surface area contributed by atoms with E-state index in [1.54, 1.807) is 47.4 Å². The normalized spacial score (nSPS) is 16.1. The molecule has 1 saturated heterocycles. The molecule has 1 atom stereocenters. The highest BCUT2D eigenvalue weighted by Gasteiger charge is 2.52. The molecule has 4 heterocycles. The highest BCUT2D eigenvalue weighted by molar-refractivity contribution is 6.23. The topological polar surface area (TPSA) is 302 Å². The maximum absolute atomic E-state index is 13.0. The van der Waals surface area contributed by atoms with Crippen LogP contribution in [0.25, 0.3) is 11.4 Å². The summed E-state index contributed by atoms with van der Waals surface area (Å²) in [7, 11) is 2.97. The Hall–Kier alpha value is -7.37. The van der Waals surface area contributed by atoms with Gasteiger partial charge < -0.3 is 45.9 Å². The molecular formula is C43H50N12O11. The summed E-state index contributed by atoms with van der Waals surface area (Å²) >= 11 is 0. The predicted octanol–water partition coefficient (Wildman–Crippen LogP) is 0.433. The lowest BCUT2D eigenvalue weighted by Gasteiger charge is -2.27. The summed E-state index contributed by atoms with van der Waals surface area (Å²) in [6, 6.07) is 10.7. The van der Waals surface area contributed by atoms with Crippen molar-refractivity contribution in [1.82, 2.24) is 45.8 Å². The quantitative estimate of drug-likeness (QED) is 0.0410. The second-order valence-electron chi connectivity index (χ2n) is 15.4. The van der Waals surface area contributed by atoms with Gasteiger partial charge in [-0.2, -0.15) is 10.2 Å². The largest absolute Gasteiger partial charge is 0.494 e. The summed E-state index contributed by atoms with van der Waals surface area (Å²) < 4.78 is 24.0. The van der Waals surface area contributed by atoms with E-state index in [1.807, 2.05) is 0 Å². The smallest absolute Gasteiger partial charge is 0.273 e. The summed E-state index contributed by atoms with van der Waals surface area (Å²) in [4.78, 5) is 92.4. The van der Waals surface area contributed by atoms with Crippen molar-refractivity contribution < 1.29 is 52.5 Å². The van der Waals surface area contributed by atoms with Crippen molar-refractivity contribution in [2.75, 3.05) is 77.5 Å². The van der Waals surface area contributed by atoms with E-state index in [2.05, 4.69) is 46.9 Å². The molecule has 2 aromatic heterocycles. The molecule has 0 spiro atoms. The Balaban J connectivity index is 0.757.